The quantitative estimate of drug-likeness (QED) is 0.607. The Bertz CT molecular complexity index is 1130. The van der Waals surface area contributed by atoms with Gasteiger partial charge in [-0.15, -0.1) is 0 Å². The molecule has 0 amide bonds. The van der Waals surface area contributed by atoms with Crippen LogP contribution in [0.4, 0.5) is 11.5 Å². The fourth-order valence-electron chi connectivity index (χ4n) is 2.72. The van der Waals surface area contributed by atoms with Crippen molar-refractivity contribution in [3.8, 4) is 17.6 Å². The number of fused-ring (bicyclic) bond motifs is 1. The van der Waals surface area contributed by atoms with Gasteiger partial charge in [0, 0.05) is 23.5 Å². The summed E-state index contributed by atoms with van der Waals surface area (Å²) in [7, 11) is 0. The molecule has 6 nitrogen and oxygen atoms in total. The molecule has 26 heavy (non-hydrogen) atoms. The second-order valence-corrected chi connectivity index (χ2v) is 5.78. The van der Waals surface area contributed by atoms with Gasteiger partial charge in [0.25, 0.3) is 0 Å². The third kappa shape index (κ3) is 2.94. The van der Waals surface area contributed by atoms with Crippen molar-refractivity contribution in [2.24, 2.45) is 0 Å². The Balaban J connectivity index is 1.89. The Morgan fingerprint density at radius 2 is 1.92 bits per heavy atom. The van der Waals surface area contributed by atoms with Crippen molar-refractivity contribution in [2.75, 3.05) is 5.32 Å². The van der Waals surface area contributed by atoms with E-state index in [4.69, 9.17) is 5.26 Å². The van der Waals surface area contributed by atoms with Crippen LogP contribution in [0.2, 0.25) is 0 Å². The molecule has 0 saturated heterocycles. The van der Waals surface area contributed by atoms with Crippen molar-refractivity contribution in [1.82, 2.24) is 19.9 Å². The smallest absolute Gasteiger partial charge is 0.182 e. The van der Waals surface area contributed by atoms with Crippen molar-refractivity contribution >= 4 is 22.4 Å². The Morgan fingerprint density at radius 1 is 1.04 bits per heavy atom. The summed E-state index contributed by atoms with van der Waals surface area (Å²) in [6.07, 6.45) is 4.87. The highest BCUT2D eigenvalue weighted by molar-refractivity contribution is 5.93. The Morgan fingerprint density at radius 3 is 2.73 bits per heavy atom. The van der Waals surface area contributed by atoms with Crippen molar-refractivity contribution in [1.29, 1.82) is 5.26 Å². The van der Waals surface area contributed by atoms with Crippen LogP contribution < -0.4 is 5.32 Å². The standard InChI is InChI=1S/C20H14N6/c1-13-4-2-7-16-18(13)25-20(17-12-22-8-9-23-17)26-19(16)24-15-6-3-5-14(10-15)11-21/h2-10,12H,1H3,(H,24,25,26). The third-order valence-corrected chi connectivity index (χ3v) is 3.97. The number of hydrogen-bond acceptors (Lipinski definition) is 6. The fraction of sp³-hybridized carbons (Fsp3) is 0.0500. The molecule has 0 aliphatic carbocycles. The van der Waals surface area contributed by atoms with Crippen molar-refractivity contribution in [2.45, 2.75) is 6.92 Å². The maximum Gasteiger partial charge on any atom is 0.182 e. The van der Waals surface area contributed by atoms with Gasteiger partial charge < -0.3 is 5.32 Å². The summed E-state index contributed by atoms with van der Waals surface area (Å²) in [4.78, 5) is 17.7. The molecule has 0 saturated carbocycles. The number of hydrogen-bond donors (Lipinski definition) is 1. The van der Waals surface area contributed by atoms with E-state index in [0.29, 0.717) is 22.9 Å². The number of para-hydroxylation sites is 1. The van der Waals surface area contributed by atoms with Gasteiger partial charge in [-0.25, -0.2) is 15.0 Å². The zero-order valence-electron chi connectivity index (χ0n) is 14.0. The maximum atomic E-state index is 9.11. The van der Waals surface area contributed by atoms with Crippen LogP contribution in [0.5, 0.6) is 0 Å². The molecule has 124 valence electrons. The zero-order chi connectivity index (χ0) is 17.9. The molecule has 2 aromatic heterocycles. The number of nitriles is 1. The third-order valence-electron chi connectivity index (χ3n) is 3.97. The number of nitrogens with zero attached hydrogens (tertiary/aromatic N) is 5. The summed E-state index contributed by atoms with van der Waals surface area (Å²) in [5.41, 5.74) is 3.87. The van der Waals surface area contributed by atoms with Crippen LogP contribution in [0.25, 0.3) is 22.4 Å². The summed E-state index contributed by atoms with van der Waals surface area (Å²) >= 11 is 0. The number of aryl methyl sites for hydroxylation is 1. The van der Waals surface area contributed by atoms with E-state index in [0.717, 1.165) is 22.2 Å². The minimum absolute atomic E-state index is 0.499. The van der Waals surface area contributed by atoms with Crippen LogP contribution in [-0.4, -0.2) is 19.9 Å². The molecule has 4 rings (SSSR count). The maximum absolute atomic E-state index is 9.11. The molecule has 2 heterocycles. The van der Waals surface area contributed by atoms with Crippen molar-refractivity contribution < 1.29 is 0 Å². The molecule has 0 atom stereocenters. The molecular weight excluding hydrogens is 324 g/mol. The molecule has 0 radical (unpaired) electrons. The van der Waals surface area contributed by atoms with E-state index >= 15 is 0 Å². The first-order valence-electron chi connectivity index (χ1n) is 8.05. The molecule has 0 aliphatic heterocycles. The van der Waals surface area contributed by atoms with Gasteiger partial charge >= 0.3 is 0 Å². The van der Waals surface area contributed by atoms with Crippen LogP contribution in [-0.2, 0) is 0 Å². The first kappa shape index (κ1) is 15.7. The second-order valence-electron chi connectivity index (χ2n) is 5.78. The Labute approximate surface area is 150 Å². The first-order chi connectivity index (χ1) is 12.7. The van der Waals surface area contributed by atoms with Gasteiger partial charge in [-0.05, 0) is 36.8 Å². The Kier molecular flexibility index (Phi) is 3.96. The monoisotopic (exact) mass is 338 g/mol. The van der Waals surface area contributed by atoms with E-state index in [9.17, 15) is 0 Å². The summed E-state index contributed by atoms with van der Waals surface area (Å²) in [5.74, 6) is 1.16. The molecule has 0 spiro atoms. The second kappa shape index (κ2) is 6.57. The lowest BCUT2D eigenvalue weighted by molar-refractivity contribution is 1.13. The minimum Gasteiger partial charge on any atom is -0.340 e. The summed E-state index contributed by atoms with van der Waals surface area (Å²) in [6.45, 7) is 2.01. The van der Waals surface area contributed by atoms with Gasteiger partial charge in [-0.1, -0.05) is 18.2 Å². The average Bonchev–Trinajstić information content (AvgIpc) is 2.69. The van der Waals surface area contributed by atoms with Gasteiger partial charge in [-0.3, -0.25) is 4.98 Å². The normalized spacial score (nSPS) is 10.5. The number of anilines is 2. The molecule has 0 aliphatic rings. The molecule has 2 aromatic carbocycles. The lowest BCUT2D eigenvalue weighted by Crippen LogP contribution is -2.01. The van der Waals surface area contributed by atoms with Crippen molar-refractivity contribution in [3.05, 3.63) is 72.2 Å². The Hall–Kier alpha value is -3.85. The van der Waals surface area contributed by atoms with Crippen molar-refractivity contribution in [3.63, 3.8) is 0 Å². The van der Waals surface area contributed by atoms with E-state index in [1.165, 1.54) is 0 Å². The highest BCUT2D eigenvalue weighted by atomic mass is 15.0. The van der Waals surface area contributed by atoms with E-state index < -0.39 is 0 Å². The highest BCUT2D eigenvalue weighted by Crippen LogP contribution is 2.28. The predicted octanol–water partition coefficient (Wildman–Crippen LogP) is 4.01. The highest BCUT2D eigenvalue weighted by Gasteiger charge is 2.12. The fourth-order valence-corrected chi connectivity index (χ4v) is 2.72. The van der Waals surface area contributed by atoms with E-state index in [2.05, 4.69) is 31.3 Å². The number of benzene rings is 2. The number of nitrogens with one attached hydrogen (secondary N) is 1. The van der Waals surface area contributed by atoms with Gasteiger partial charge in [-0.2, -0.15) is 5.26 Å². The molecule has 0 unspecified atom stereocenters. The number of aromatic nitrogens is 4. The molecule has 4 aromatic rings. The molecule has 0 fully saturated rings. The van der Waals surface area contributed by atoms with Crippen LogP contribution in [0.1, 0.15) is 11.1 Å². The minimum atomic E-state index is 0.499. The zero-order valence-corrected chi connectivity index (χ0v) is 14.0. The van der Waals surface area contributed by atoms with Gasteiger partial charge in [0.05, 0.1) is 23.3 Å². The summed E-state index contributed by atoms with van der Waals surface area (Å²) in [6, 6.07) is 15.4. The topological polar surface area (TPSA) is 87.4 Å². The molecule has 6 heteroatoms. The van der Waals surface area contributed by atoms with Gasteiger partial charge in [0.1, 0.15) is 11.5 Å². The molecule has 1 N–H and O–H groups in total. The lowest BCUT2D eigenvalue weighted by Gasteiger charge is -2.12. The summed E-state index contributed by atoms with van der Waals surface area (Å²) in [5, 5.41) is 13.3. The van der Waals surface area contributed by atoms with Crippen LogP contribution in [0, 0.1) is 18.3 Å². The first-order valence-corrected chi connectivity index (χ1v) is 8.05. The van der Waals surface area contributed by atoms with Gasteiger partial charge in [0.2, 0.25) is 0 Å². The van der Waals surface area contributed by atoms with Crippen LogP contribution in [0.15, 0.2) is 61.1 Å². The average molecular weight is 338 g/mol. The lowest BCUT2D eigenvalue weighted by atomic mass is 10.1. The largest absolute Gasteiger partial charge is 0.340 e. The van der Waals surface area contributed by atoms with E-state index in [1.54, 1.807) is 30.7 Å². The molecule has 0 bridgehead atoms. The SMILES string of the molecule is Cc1cccc2c(Nc3cccc(C#N)c3)nc(-c3cnccn3)nc12. The molecular formula is C20H14N6. The van der Waals surface area contributed by atoms with Gasteiger partial charge in [0.15, 0.2) is 5.82 Å². The van der Waals surface area contributed by atoms with E-state index in [1.807, 2.05) is 37.3 Å². The van der Waals surface area contributed by atoms with Crippen LogP contribution >= 0.6 is 0 Å². The summed E-state index contributed by atoms with van der Waals surface area (Å²) < 4.78 is 0. The van der Waals surface area contributed by atoms with E-state index in [-0.39, 0.29) is 0 Å². The predicted molar refractivity (Wildman–Crippen MR) is 99.7 cm³/mol. The number of rotatable bonds is 3. The van der Waals surface area contributed by atoms with Crippen LogP contribution in [0.3, 0.4) is 0 Å².